The molecule has 0 aliphatic heterocycles. The minimum atomic E-state index is -0.806. The van der Waals surface area contributed by atoms with Gasteiger partial charge in [0.1, 0.15) is 13.2 Å². The standard InChI is InChI=1S/C15H24O3.C12H22O2.C3H3BrO.CH4/c1-2-3-4-5-8-11-14(17)15(18)12-9-6-7-10-13-16;1-3-5-6-7-8-10-12(14)11(13)9-4-2;4-2-1-3-5;/h14-18H,2-5,8,11-13H2,1H3;2,11-14H,3,5-10H2,1H3;5H,3H2;1H4/t14-,15-;11-,12-;;/m11../s1. The van der Waals surface area contributed by atoms with Crippen molar-refractivity contribution in [3.8, 4) is 46.8 Å². The highest BCUT2D eigenvalue weighted by atomic mass is 79.9. The van der Waals surface area contributed by atoms with E-state index in [-0.39, 0.29) is 33.5 Å². The maximum Gasteiger partial charge on any atom is 0.105 e. The Morgan fingerprint density at radius 3 is 1.39 bits per heavy atom. The van der Waals surface area contributed by atoms with Gasteiger partial charge in [-0.3, -0.25) is 0 Å². The highest BCUT2D eigenvalue weighted by molar-refractivity contribution is 9.12. The molecule has 6 nitrogen and oxygen atoms in total. The van der Waals surface area contributed by atoms with Crippen molar-refractivity contribution in [2.45, 2.75) is 136 Å². The van der Waals surface area contributed by atoms with Crippen LogP contribution in [-0.2, 0) is 0 Å². The maximum absolute atomic E-state index is 9.68. The molecule has 0 aliphatic carbocycles. The lowest BCUT2D eigenvalue weighted by Gasteiger charge is -2.15. The van der Waals surface area contributed by atoms with Crippen LogP contribution in [0.2, 0.25) is 0 Å². The van der Waals surface area contributed by atoms with E-state index in [1.165, 1.54) is 38.5 Å². The summed E-state index contributed by atoms with van der Waals surface area (Å²) < 4.78 is 0. The lowest BCUT2D eigenvalue weighted by Crippen LogP contribution is -2.25. The third-order valence-corrected chi connectivity index (χ3v) is 5.48. The molecular weight excluding hydrogens is 548 g/mol. The quantitative estimate of drug-likeness (QED) is 0.114. The number of aliphatic hydroxyl groups is 6. The zero-order valence-electron chi connectivity index (χ0n) is 22.8. The fraction of sp³-hybridized carbons (Fsp3) is 0.742. The molecule has 4 atom stereocenters. The molecule has 0 radical (unpaired) electrons. The Balaban J connectivity index is -0.000000257. The maximum atomic E-state index is 9.68. The van der Waals surface area contributed by atoms with Gasteiger partial charge in [-0.2, -0.15) is 0 Å². The van der Waals surface area contributed by atoms with Gasteiger partial charge in [0.2, 0.25) is 0 Å². The van der Waals surface area contributed by atoms with E-state index in [4.69, 9.17) is 16.6 Å². The first-order chi connectivity index (χ1) is 17.9. The Bertz CT molecular complexity index is 702. The summed E-state index contributed by atoms with van der Waals surface area (Å²) in [4.78, 5) is 2.33. The average Bonchev–Trinajstić information content (AvgIpc) is 2.89. The third-order valence-electron chi connectivity index (χ3n) is 5.20. The van der Waals surface area contributed by atoms with Crippen LogP contribution in [0.3, 0.4) is 0 Å². The molecule has 0 saturated heterocycles. The third kappa shape index (κ3) is 36.6. The molecule has 0 amide bonds. The highest BCUT2D eigenvalue weighted by Crippen LogP contribution is 2.11. The van der Waals surface area contributed by atoms with Crippen molar-refractivity contribution < 1.29 is 30.6 Å². The second-order valence-corrected chi connectivity index (χ2v) is 8.88. The number of unbranched alkanes of at least 4 members (excludes halogenated alkanes) is 8. The first-order valence-electron chi connectivity index (χ1n) is 13.3. The van der Waals surface area contributed by atoms with Crippen molar-refractivity contribution in [3.63, 3.8) is 0 Å². The first-order valence-corrected chi connectivity index (χ1v) is 14.1. The first kappa shape index (κ1) is 43.5. The Morgan fingerprint density at radius 2 is 1.03 bits per heavy atom. The predicted molar refractivity (Wildman–Crippen MR) is 162 cm³/mol. The van der Waals surface area contributed by atoms with Crippen LogP contribution >= 0.6 is 15.9 Å². The minimum absolute atomic E-state index is 0. The van der Waals surface area contributed by atoms with Gasteiger partial charge in [0.25, 0.3) is 0 Å². The number of terminal acetylenes is 1. The molecule has 0 heterocycles. The van der Waals surface area contributed by atoms with Crippen LogP contribution in [0.25, 0.3) is 0 Å². The van der Waals surface area contributed by atoms with E-state index in [0.29, 0.717) is 12.8 Å². The summed E-state index contributed by atoms with van der Waals surface area (Å²) in [5, 5.41) is 54.4. The van der Waals surface area contributed by atoms with Gasteiger partial charge in [0.15, 0.2) is 0 Å². The zero-order valence-corrected chi connectivity index (χ0v) is 24.3. The summed E-state index contributed by atoms with van der Waals surface area (Å²) in [5.41, 5.74) is 0. The van der Waals surface area contributed by atoms with E-state index in [2.05, 4.69) is 70.1 Å². The molecule has 0 aromatic carbocycles. The van der Waals surface area contributed by atoms with Crippen LogP contribution in [0, 0.1) is 46.8 Å². The Kier molecular flexibility index (Phi) is 43.1. The van der Waals surface area contributed by atoms with Crippen LogP contribution < -0.4 is 0 Å². The minimum Gasteiger partial charge on any atom is -0.390 e. The number of rotatable bonds is 16. The summed E-state index contributed by atoms with van der Waals surface area (Å²) in [6, 6.07) is 0. The Hall–Kier alpha value is -1.52. The molecule has 7 heteroatoms. The van der Waals surface area contributed by atoms with Gasteiger partial charge in [0.05, 0.1) is 24.4 Å². The smallest absolute Gasteiger partial charge is 0.105 e. The predicted octanol–water partition coefficient (Wildman–Crippen LogP) is 4.52. The lowest BCUT2D eigenvalue weighted by molar-refractivity contribution is 0.0165. The van der Waals surface area contributed by atoms with Gasteiger partial charge in [-0.15, -0.1) is 12.3 Å². The van der Waals surface area contributed by atoms with Gasteiger partial charge >= 0.3 is 0 Å². The van der Waals surface area contributed by atoms with E-state index >= 15 is 0 Å². The van der Waals surface area contributed by atoms with Gasteiger partial charge in [0, 0.05) is 28.8 Å². The van der Waals surface area contributed by atoms with Crippen LogP contribution in [-0.4, -0.2) is 68.3 Å². The van der Waals surface area contributed by atoms with E-state index in [1.807, 2.05) is 0 Å². The molecule has 220 valence electrons. The van der Waals surface area contributed by atoms with Crippen LogP contribution in [0.1, 0.15) is 111 Å². The Labute approximate surface area is 241 Å². The highest BCUT2D eigenvalue weighted by Gasteiger charge is 2.14. The fourth-order valence-electron chi connectivity index (χ4n) is 3.01. The monoisotopic (exact) mass is 600 g/mol. The molecule has 6 N–H and O–H groups in total. The number of aliphatic hydroxyl groups excluding tert-OH is 6. The molecule has 0 spiro atoms. The molecule has 0 fully saturated rings. The van der Waals surface area contributed by atoms with Crippen molar-refractivity contribution in [1.82, 2.24) is 0 Å². The van der Waals surface area contributed by atoms with Crippen molar-refractivity contribution >= 4 is 15.9 Å². The summed E-state index contributed by atoms with van der Waals surface area (Å²) in [7, 11) is 0. The molecule has 0 bridgehead atoms. The molecule has 0 aromatic rings. The Morgan fingerprint density at radius 1 is 0.605 bits per heavy atom. The molecule has 38 heavy (non-hydrogen) atoms. The van der Waals surface area contributed by atoms with Gasteiger partial charge in [-0.1, -0.05) is 103 Å². The average molecular weight is 602 g/mol. The second kappa shape index (κ2) is 37.6. The van der Waals surface area contributed by atoms with E-state index in [0.717, 1.165) is 25.7 Å². The summed E-state index contributed by atoms with van der Waals surface area (Å²) in [5.74, 6) is 14.7. The second-order valence-electron chi connectivity index (χ2n) is 8.48. The van der Waals surface area contributed by atoms with Crippen LogP contribution in [0.4, 0.5) is 0 Å². The molecule has 0 rings (SSSR count). The van der Waals surface area contributed by atoms with E-state index in [9.17, 15) is 20.4 Å². The number of hydrogen-bond donors (Lipinski definition) is 6. The molecule has 0 aromatic heterocycles. The largest absolute Gasteiger partial charge is 0.390 e. The van der Waals surface area contributed by atoms with Crippen molar-refractivity contribution in [1.29, 1.82) is 0 Å². The summed E-state index contributed by atoms with van der Waals surface area (Å²) >= 11 is 2.79. The molecular formula is C31H53BrO6. The normalized spacial score (nSPS) is 12.2. The van der Waals surface area contributed by atoms with Gasteiger partial charge in [-0.05, 0) is 29.5 Å². The molecule has 0 unspecified atom stereocenters. The summed E-state index contributed by atoms with van der Waals surface area (Å²) in [6.07, 6.45) is 15.4. The van der Waals surface area contributed by atoms with Gasteiger partial charge in [-0.25, -0.2) is 0 Å². The molecule has 0 aliphatic rings. The van der Waals surface area contributed by atoms with E-state index < -0.39 is 24.4 Å². The van der Waals surface area contributed by atoms with Crippen molar-refractivity contribution in [2.24, 2.45) is 0 Å². The number of halogens is 1. The number of hydrogen-bond acceptors (Lipinski definition) is 6. The molecule has 0 saturated carbocycles. The van der Waals surface area contributed by atoms with Crippen LogP contribution in [0.15, 0.2) is 0 Å². The summed E-state index contributed by atoms with van der Waals surface area (Å²) in [6.45, 7) is 4.06. The zero-order chi connectivity index (χ0) is 28.6. The lowest BCUT2D eigenvalue weighted by atomic mass is 10.0. The SMILES string of the molecule is C.C#CC[C@@H](O)[C@H](O)CCCCCCC.CCCCCCC[C@@H](O)[C@H](O)CC#CC#CCO.OCC#CBr. The van der Waals surface area contributed by atoms with Crippen LogP contribution in [0.5, 0.6) is 0 Å². The van der Waals surface area contributed by atoms with Crippen molar-refractivity contribution in [3.05, 3.63) is 0 Å². The van der Waals surface area contributed by atoms with Crippen molar-refractivity contribution in [2.75, 3.05) is 13.2 Å². The van der Waals surface area contributed by atoms with E-state index in [1.54, 1.807) is 0 Å². The van der Waals surface area contributed by atoms with Gasteiger partial charge < -0.3 is 30.6 Å². The fourth-order valence-corrected chi connectivity index (χ4v) is 3.13. The topological polar surface area (TPSA) is 121 Å².